The molecular formula is C38H38F2O6S. The first-order chi connectivity index (χ1) is 22.9. The van der Waals surface area contributed by atoms with E-state index >= 15 is 0 Å². The number of hydrogen-bond donors (Lipinski definition) is 0. The van der Waals surface area contributed by atoms with E-state index in [9.17, 15) is 18.4 Å². The van der Waals surface area contributed by atoms with Crippen molar-refractivity contribution < 1.29 is 37.3 Å². The van der Waals surface area contributed by atoms with Crippen LogP contribution < -0.4 is 9.47 Å². The van der Waals surface area contributed by atoms with E-state index in [0.29, 0.717) is 49.1 Å². The zero-order valence-corrected chi connectivity index (χ0v) is 27.1. The van der Waals surface area contributed by atoms with Gasteiger partial charge >= 0.3 is 11.9 Å². The lowest BCUT2D eigenvalue weighted by Crippen LogP contribution is -2.02. The molecule has 0 atom stereocenters. The standard InChI is InChI=1S/C38H38F2O6S/c1-3-35(41)45-27-11-7-5-9-25-43-31-19-13-29(14-20-31)17-23-33-37(39)38(40)34(47-33)24-18-30-15-21-32(22-16-30)44-26-10-6-8-12-28-46-36(42)4-2/h3-4,13-16,19-22H,1-2,5-12,25-28H2. The van der Waals surface area contributed by atoms with Crippen molar-refractivity contribution in [2.45, 2.75) is 51.4 Å². The zero-order chi connectivity index (χ0) is 33.7. The van der Waals surface area contributed by atoms with Gasteiger partial charge in [-0.1, -0.05) is 25.0 Å². The Balaban J connectivity index is 1.40. The summed E-state index contributed by atoms with van der Waals surface area (Å²) in [5.74, 6) is 9.73. The Morgan fingerprint density at radius 3 is 1.30 bits per heavy atom. The van der Waals surface area contributed by atoms with Gasteiger partial charge in [0.15, 0.2) is 11.6 Å². The summed E-state index contributed by atoms with van der Waals surface area (Å²) in [6, 6.07) is 14.2. The Kier molecular flexibility index (Phi) is 16.4. The number of rotatable bonds is 18. The smallest absolute Gasteiger partial charge is 0.330 e. The van der Waals surface area contributed by atoms with E-state index in [-0.39, 0.29) is 9.75 Å². The van der Waals surface area contributed by atoms with Gasteiger partial charge in [0.05, 0.1) is 26.4 Å². The van der Waals surface area contributed by atoms with Gasteiger partial charge in [-0.3, -0.25) is 0 Å². The molecule has 0 radical (unpaired) electrons. The van der Waals surface area contributed by atoms with Gasteiger partial charge in [-0.05, 0) is 112 Å². The fourth-order valence-corrected chi connectivity index (χ4v) is 4.80. The molecule has 9 heteroatoms. The van der Waals surface area contributed by atoms with E-state index in [0.717, 1.165) is 74.9 Å². The second-order valence-electron chi connectivity index (χ2n) is 10.2. The van der Waals surface area contributed by atoms with Crippen LogP contribution in [0.3, 0.4) is 0 Å². The molecule has 0 amide bonds. The molecule has 1 heterocycles. The molecule has 246 valence electrons. The highest BCUT2D eigenvalue weighted by atomic mass is 32.1. The summed E-state index contributed by atoms with van der Waals surface area (Å²) in [5.41, 5.74) is 1.28. The predicted molar refractivity (Wildman–Crippen MR) is 179 cm³/mol. The largest absolute Gasteiger partial charge is 0.494 e. The highest BCUT2D eigenvalue weighted by molar-refractivity contribution is 7.13. The van der Waals surface area contributed by atoms with Crippen LogP contribution in [0.1, 0.15) is 72.2 Å². The van der Waals surface area contributed by atoms with Crippen molar-refractivity contribution in [3.8, 4) is 35.2 Å². The minimum Gasteiger partial charge on any atom is -0.494 e. The second kappa shape index (κ2) is 21.0. The van der Waals surface area contributed by atoms with Crippen LogP contribution >= 0.6 is 11.3 Å². The van der Waals surface area contributed by atoms with Crippen molar-refractivity contribution in [3.05, 3.63) is 106 Å². The highest BCUT2D eigenvalue weighted by Gasteiger charge is 2.16. The van der Waals surface area contributed by atoms with E-state index in [4.69, 9.17) is 18.9 Å². The Bertz CT molecular complexity index is 1470. The quantitative estimate of drug-likeness (QED) is 0.0594. The SMILES string of the molecule is C=CC(=O)OCCCCCCOc1ccc(C#Cc2sc(C#Cc3ccc(OCCCCCCOC(=O)C=C)cc3)c(F)c2F)cc1. The van der Waals surface area contributed by atoms with Crippen LogP contribution in [0.25, 0.3) is 0 Å². The van der Waals surface area contributed by atoms with Crippen LogP contribution in [-0.2, 0) is 19.1 Å². The number of halogens is 2. The second-order valence-corrected chi connectivity index (χ2v) is 11.2. The molecule has 0 aliphatic carbocycles. The van der Waals surface area contributed by atoms with E-state index in [1.807, 2.05) is 0 Å². The third-order valence-corrected chi connectivity index (χ3v) is 7.55. The van der Waals surface area contributed by atoms with Crippen molar-refractivity contribution in [2.75, 3.05) is 26.4 Å². The minimum atomic E-state index is -1.01. The van der Waals surface area contributed by atoms with Crippen molar-refractivity contribution in [1.29, 1.82) is 0 Å². The van der Waals surface area contributed by atoms with Gasteiger partial charge < -0.3 is 18.9 Å². The Labute approximate surface area is 279 Å². The van der Waals surface area contributed by atoms with Crippen molar-refractivity contribution in [1.82, 2.24) is 0 Å². The molecule has 3 aromatic rings. The molecule has 47 heavy (non-hydrogen) atoms. The molecule has 0 unspecified atom stereocenters. The summed E-state index contributed by atoms with van der Waals surface area (Å²) in [5, 5.41) is 0. The average molecular weight is 661 g/mol. The maximum atomic E-state index is 14.6. The molecule has 0 aliphatic rings. The Morgan fingerprint density at radius 1 is 0.574 bits per heavy atom. The fourth-order valence-electron chi connectivity index (χ4n) is 4.04. The summed E-state index contributed by atoms with van der Waals surface area (Å²) in [6.07, 6.45) is 9.40. The van der Waals surface area contributed by atoms with Gasteiger partial charge in [0.1, 0.15) is 21.3 Å². The van der Waals surface area contributed by atoms with Crippen LogP contribution in [0.2, 0.25) is 0 Å². The number of carbonyl (C=O) groups is 2. The topological polar surface area (TPSA) is 71.1 Å². The van der Waals surface area contributed by atoms with Gasteiger partial charge in [0, 0.05) is 23.3 Å². The number of benzene rings is 2. The molecule has 0 aliphatic heterocycles. The molecule has 0 spiro atoms. The zero-order valence-electron chi connectivity index (χ0n) is 26.3. The lowest BCUT2D eigenvalue weighted by atomic mass is 10.2. The van der Waals surface area contributed by atoms with E-state index in [1.165, 1.54) is 0 Å². The normalized spacial score (nSPS) is 10.1. The van der Waals surface area contributed by atoms with Gasteiger partial charge in [-0.15, -0.1) is 11.3 Å². The maximum absolute atomic E-state index is 14.6. The van der Waals surface area contributed by atoms with Gasteiger partial charge in [-0.25, -0.2) is 18.4 Å². The van der Waals surface area contributed by atoms with Crippen molar-refractivity contribution >= 4 is 23.3 Å². The van der Waals surface area contributed by atoms with E-state index < -0.39 is 23.6 Å². The molecule has 1 aromatic heterocycles. The molecule has 2 aromatic carbocycles. The van der Waals surface area contributed by atoms with Gasteiger partial charge in [0.2, 0.25) is 0 Å². The first-order valence-electron chi connectivity index (χ1n) is 15.5. The van der Waals surface area contributed by atoms with E-state index in [2.05, 4.69) is 36.8 Å². The summed E-state index contributed by atoms with van der Waals surface area (Å²) >= 11 is 0.873. The number of carbonyl (C=O) groups excluding carboxylic acids is 2. The number of ether oxygens (including phenoxy) is 4. The minimum absolute atomic E-state index is 0.0205. The molecule has 6 nitrogen and oxygen atoms in total. The number of esters is 2. The van der Waals surface area contributed by atoms with E-state index in [1.54, 1.807) is 48.5 Å². The van der Waals surface area contributed by atoms with Crippen LogP contribution in [0, 0.1) is 35.3 Å². The maximum Gasteiger partial charge on any atom is 0.330 e. The number of thiophene rings is 1. The van der Waals surface area contributed by atoms with Gasteiger partial charge in [-0.2, -0.15) is 0 Å². The molecule has 0 N–H and O–H groups in total. The molecule has 0 fully saturated rings. The first-order valence-corrected chi connectivity index (χ1v) is 16.3. The Morgan fingerprint density at radius 2 is 0.936 bits per heavy atom. The fraction of sp³-hybridized carbons (Fsp3) is 0.316. The number of unbranched alkanes of at least 4 members (excludes halogenated alkanes) is 6. The summed E-state index contributed by atoms with van der Waals surface area (Å²) in [4.78, 5) is 21.9. The van der Waals surface area contributed by atoms with Crippen LogP contribution in [0.5, 0.6) is 11.5 Å². The van der Waals surface area contributed by atoms with Crippen LogP contribution in [0.4, 0.5) is 8.78 Å². The van der Waals surface area contributed by atoms with Crippen LogP contribution in [-0.4, -0.2) is 38.4 Å². The summed E-state index contributed by atoms with van der Waals surface area (Å²) in [7, 11) is 0. The monoisotopic (exact) mass is 660 g/mol. The highest BCUT2D eigenvalue weighted by Crippen LogP contribution is 2.25. The summed E-state index contributed by atoms with van der Waals surface area (Å²) in [6.45, 7) is 8.60. The third-order valence-electron chi connectivity index (χ3n) is 6.58. The van der Waals surface area contributed by atoms with Crippen LogP contribution in [0.15, 0.2) is 73.8 Å². The molecule has 3 rings (SSSR count). The van der Waals surface area contributed by atoms with Crippen molar-refractivity contribution in [2.24, 2.45) is 0 Å². The predicted octanol–water partition coefficient (Wildman–Crippen LogP) is 8.16. The molecule has 0 saturated carbocycles. The number of hydrogen-bond acceptors (Lipinski definition) is 7. The Hall–Kier alpha value is -4.86. The summed E-state index contributed by atoms with van der Waals surface area (Å²) < 4.78 is 50.5. The first kappa shape index (κ1) is 36.6. The van der Waals surface area contributed by atoms with Gasteiger partial charge in [0.25, 0.3) is 0 Å². The molecule has 0 bridgehead atoms. The van der Waals surface area contributed by atoms with Crippen molar-refractivity contribution in [3.63, 3.8) is 0 Å². The third kappa shape index (κ3) is 14.0. The lowest BCUT2D eigenvalue weighted by molar-refractivity contribution is -0.138. The lowest BCUT2D eigenvalue weighted by Gasteiger charge is -2.06. The average Bonchev–Trinajstić information content (AvgIpc) is 3.37. The molecular weight excluding hydrogens is 622 g/mol. The molecule has 0 saturated heterocycles.